The Hall–Kier alpha value is -0.970. The molecule has 0 bridgehead atoms. The van der Waals surface area contributed by atoms with Gasteiger partial charge in [-0.1, -0.05) is 0 Å². The summed E-state index contributed by atoms with van der Waals surface area (Å²) in [5, 5.41) is 9.35. The van der Waals surface area contributed by atoms with Crippen molar-refractivity contribution in [3.8, 4) is 12.3 Å². The first-order chi connectivity index (χ1) is 2.77. The van der Waals surface area contributed by atoms with Crippen LogP contribution in [-0.2, 0) is 4.79 Å². The van der Waals surface area contributed by atoms with Gasteiger partial charge in [-0.05, 0) is 0 Å². The molecule has 0 saturated heterocycles. The summed E-state index contributed by atoms with van der Waals surface area (Å²) in [6.45, 7) is 0. The van der Waals surface area contributed by atoms with Crippen molar-refractivity contribution in [1.82, 2.24) is 0 Å². The first-order valence-corrected chi connectivity index (χ1v) is 1.40. The Morgan fingerprint density at radius 3 is 2.50 bits per heavy atom. The van der Waals surface area contributed by atoms with E-state index < -0.39 is 5.97 Å². The smallest absolute Gasteiger partial charge is 0.0533 e. The first-order valence-electron chi connectivity index (χ1n) is 1.40. The molecule has 0 aliphatic rings. The molecule has 0 N–H and O–H groups in total. The zero-order chi connectivity index (χ0) is 4.99. The molecular weight excluding hydrogens is 80.0 g/mol. The van der Waals surface area contributed by atoms with Crippen LogP contribution in [0.3, 0.4) is 0 Å². The highest BCUT2D eigenvalue weighted by Crippen LogP contribution is 1.63. The lowest BCUT2D eigenvalue weighted by atomic mass is 10.5. The molecule has 6 heavy (non-hydrogen) atoms. The van der Waals surface area contributed by atoms with E-state index in [4.69, 9.17) is 0 Å². The number of hydrogen-bond donors (Lipinski definition) is 0. The normalized spacial score (nSPS) is 6.50. The first kappa shape index (κ1) is 5.03. The Kier molecular flexibility index (Phi) is 1.91. The van der Waals surface area contributed by atoms with Crippen LogP contribution < -0.4 is 5.11 Å². The van der Waals surface area contributed by atoms with Crippen molar-refractivity contribution in [3.05, 3.63) is 0 Å². The van der Waals surface area contributed by atoms with Gasteiger partial charge in [0.1, 0.15) is 0 Å². The van der Waals surface area contributed by atoms with Crippen LogP contribution in [0.15, 0.2) is 0 Å². The van der Waals surface area contributed by atoms with Crippen LogP contribution in [0, 0.1) is 12.3 Å². The predicted octanol–water partition coefficient (Wildman–Crippen LogP) is -1.24. The van der Waals surface area contributed by atoms with Gasteiger partial charge in [0.2, 0.25) is 0 Å². The van der Waals surface area contributed by atoms with Crippen LogP contribution in [0.5, 0.6) is 0 Å². The lowest BCUT2D eigenvalue weighted by Crippen LogP contribution is -2.20. The fourth-order valence-corrected chi connectivity index (χ4v) is 0.0833. The number of carboxylic acid groups (broad SMARTS) is 1. The highest BCUT2D eigenvalue weighted by atomic mass is 16.4. The van der Waals surface area contributed by atoms with Crippen molar-refractivity contribution in [2.24, 2.45) is 0 Å². The number of carbonyl (C=O) groups excluding carboxylic acids is 1. The molecule has 0 fully saturated rings. The van der Waals surface area contributed by atoms with Crippen molar-refractivity contribution < 1.29 is 9.90 Å². The molecule has 0 saturated carbocycles. The molecule has 2 nitrogen and oxygen atoms in total. The summed E-state index contributed by atoms with van der Waals surface area (Å²) in [6, 6.07) is 0. The van der Waals surface area contributed by atoms with Crippen molar-refractivity contribution in [1.29, 1.82) is 0 Å². The molecule has 0 rings (SSSR count). The molecule has 0 spiro atoms. The van der Waals surface area contributed by atoms with Crippen molar-refractivity contribution in [2.75, 3.05) is 0 Å². The maximum atomic E-state index is 9.35. The van der Waals surface area contributed by atoms with Gasteiger partial charge in [-0.2, -0.15) is 0 Å². The Labute approximate surface area is 35.8 Å². The molecule has 0 atom stereocenters. The van der Waals surface area contributed by atoms with Crippen LogP contribution >= 0.6 is 0 Å². The van der Waals surface area contributed by atoms with Gasteiger partial charge < -0.3 is 9.90 Å². The Bertz CT molecular complexity index is 88.2. The molecule has 0 aromatic carbocycles. The topological polar surface area (TPSA) is 40.1 Å². The average molecular weight is 83.1 g/mol. The summed E-state index contributed by atoms with van der Waals surface area (Å²) < 4.78 is 0. The summed E-state index contributed by atoms with van der Waals surface area (Å²) in [6.07, 6.45) is 4.27. The number of terminal acetylenes is 1. The highest BCUT2D eigenvalue weighted by molar-refractivity contribution is 5.67. The predicted molar refractivity (Wildman–Crippen MR) is 18.5 cm³/mol. The molecule has 0 aliphatic carbocycles. The van der Waals surface area contributed by atoms with Crippen molar-refractivity contribution >= 4 is 5.97 Å². The van der Waals surface area contributed by atoms with Gasteiger partial charge in [-0.3, -0.25) is 0 Å². The SMILES string of the molecule is C#CCC(=O)[O-]. The molecule has 0 unspecified atom stereocenters. The zero-order valence-corrected chi connectivity index (χ0v) is 3.10. The van der Waals surface area contributed by atoms with E-state index in [1.807, 2.05) is 5.92 Å². The zero-order valence-electron chi connectivity index (χ0n) is 3.10. The van der Waals surface area contributed by atoms with E-state index in [1.165, 1.54) is 0 Å². The van der Waals surface area contributed by atoms with E-state index in [2.05, 4.69) is 6.42 Å². The van der Waals surface area contributed by atoms with Gasteiger partial charge >= 0.3 is 0 Å². The molecular formula is C4H3O2-. The summed E-state index contributed by atoms with van der Waals surface area (Å²) in [4.78, 5) is 9.35. The molecule has 0 aliphatic heterocycles. The summed E-state index contributed by atoms with van der Waals surface area (Å²) in [5.41, 5.74) is 0. The van der Waals surface area contributed by atoms with Gasteiger partial charge in [-0.25, -0.2) is 0 Å². The van der Waals surface area contributed by atoms with Crippen LogP contribution in [0.25, 0.3) is 0 Å². The number of carboxylic acids is 1. The third-order valence-electron chi connectivity index (χ3n) is 0.246. The minimum atomic E-state index is -1.20. The molecule has 32 valence electrons. The highest BCUT2D eigenvalue weighted by Gasteiger charge is 1.70. The fourth-order valence-electron chi connectivity index (χ4n) is 0.0833. The Balaban J connectivity index is 3.13. The fraction of sp³-hybridized carbons (Fsp3) is 0.250. The van der Waals surface area contributed by atoms with E-state index in [9.17, 15) is 9.90 Å². The van der Waals surface area contributed by atoms with Crippen LogP contribution in [0.4, 0.5) is 0 Å². The van der Waals surface area contributed by atoms with Gasteiger partial charge in [0.05, 0.1) is 5.97 Å². The van der Waals surface area contributed by atoms with Crippen molar-refractivity contribution in [2.45, 2.75) is 6.42 Å². The third kappa shape index (κ3) is 3.03. The lowest BCUT2D eigenvalue weighted by molar-refractivity contribution is -0.304. The van der Waals surface area contributed by atoms with E-state index in [1.54, 1.807) is 0 Å². The number of rotatable bonds is 1. The Morgan fingerprint density at radius 2 is 2.50 bits per heavy atom. The summed E-state index contributed by atoms with van der Waals surface area (Å²) >= 11 is 0. The standard InChI is InChI=1S/C4H4O2/c1-2-3-4(5)6/h1H,3H2,(H,5,6)/p-1. The summed E-state index contributed by atoms with van der Waals surface area (Å²) in [5.74, 6) is 0.708. The molecule has 0 heterocycles. The third-order valence-corrected chi connectivity index (χ3v) is 0.246. The van der Waals surface area contributed by atoms with E-state index in [0.29, 0.717) is 0 Å². The minimum Gasteiger partial charge on any atom is -0.549 e. The average Bonchev–Trinajstić information content (AvgIpc) is 1.35. The number of aliphatic carboxylic acids is 1. The molecule has 0 radical (unpaired) electrons. The monoisotopic (exact) mass is 83.0 g/mol. The van der Waals surface area contributed by atoms with Gasteiger partial charge in [0.15, 0.2) is 0 Å². The summed E-state index contributed by atoms with van der Waals surface area (Å²) in [7, 11) is 0. The largest absolute Gasteiger partial charge is 0.549 e. The van der Waals surface area contributed by atoms with Gasteiger partial charge in [-0.15, -0.1) is 12.3 Å². The molecule has 2 heteroatoms. The van der Waals surface area contributed by atoms with Gasteiger partial charge in [0.25, 0.3) is 0 Å². The molecule has 0 aromatic heterocycles. The maximum Gasteiger partial charge on any atom is 0.0533 e. The van der Waals surface area contributed by atoms with E-state index >= 15 is 0 Å². The molecule has 0 aromatic rings. The number of hydrogen-bond acceptors (Lipinski definition) is 2. The van der Waals surface area contributed by atoms with Gasteiger partial charge in [0, 0.05) is 6.42 Å². The minimum absolute atomic E-state index is 0.292. The van der Waals surface area contributed by atoms with Crippen molar-refractivity contribution in [3.63, 3.8) is 0 Å². The lowest BCUT2D eigenvalue weighted by Gasteiger charge is -1.87. The maximum absolute atomic E-state index is 9.35. The number of carbonyl (C=O) groups is 1. The second kappa shape index (κ2) is 2.28. The molecule has 0 amide bonds. The Morgan fingerprint density at radius 1 is 2.00 bits per heavy atom. The quantitative estimate of drug-likeness (QED) is 0.372. The second-order valence-corrected chi connectivity index (χ2v) is 0.753. The second-order valence-electron chi connectivity index (χ2n) is 0.753. The van der Waals surface area contributed by atoms with Crippen LogP contribution in [-0.4, -0.2) is 5.97 Å². The van der Waals surface area contributed by atoms with Crippen LogP contribution in [0.1, 0.15) is 6.42 Å². The van der Waals surface area contributed by atoms with E-state index in [-0.39, 0.29) is 6.42 Å². The van der Waals surface area contributed by atoms with Crippen LogP contribution in [0.2, 0.25) is 0 Å². The van der Waals surface area contributed by atoms with E-state index in [0.717, 1.165) is 0 Å².